The minimum atomic E-state index is -0.371. The number of para-hydroxylation sites is 2. The van der Waals surface area contributed by atoms with Gasteiger partial charge in [-0.2, -0.15) is 5.10 Å². The number of methoxy groups -OCH3 is 1. The summed E-state index contributed by atoms with van der Waals surface area (Å²) in [6, 6.07) is 15.3. The molecule has 1 N–H and O–H groups in total. The SMILES string of the molecule is COc1ccccc1[C@H]1SCC(=O)N(CC(=O)NCCN(C)C)c2c1c(C(C)(C)C)nn2-c1ccccc1Cl. The monoisotopic (exact) mass is 569 g/mol. The molecule has 39 heavy (non-hydrogen) atoms. The zero-order valence-electron chi connectivity index (χ0n) is 23.3. The molecule has 1 atom stereocenters. The van der Waals surface area contributed by atoms with Gasteiger partial charge in [0.2, 0.25) is 11.8 Å². The first-order valence-electron chi connectivity index (χ1n) is 12.9. The Balaban J connectivity index is 1.96. The third-order valence-electron chi connectivity index (χ3n) is 6.48. The Morgan fingerprint density at radius 2 is 1.87 bits per heavy atom. The van der Waals surface area contributed by atoms with Crippen molar-refractivity contribution in [1.29, 1.82) is 0 Å². The van der Waals surface area contributed by atoms with Gasteiger partial charge in [0.1, 0.15) is 18.1 Å². The van der Waals surface area contributed by atoms with E-state index in [1.54, 1.807) is 22.8 Å². The number of ether oxygens (including phenoxy) is 1. The number of carbonyl (C=O) groups excluding carboxylic acids is 2. The Labute approximate surface area is 239 Å². The number of fused-ring (bicyclic) bond motifs is 1. The topological polar surface area (TPSA) is 79.7 Å². The second kappa shape index (κ2) is 12.0. The molecule has 3 aromatic rings. The van der Waals surface area contributed by atoms with Gasteiger partial charge < -0.3 is 15.0 Å². The normalized spacial score (nSPS) is 15.7. The standard InChI is InChI=1S/C29H36ClN5O3S/c1-29(2,3)27-25-26(19-11-7-10-14-22(19)38-6)39-18-24(37)34(17-23(36)31-15-16-33(4)5)28(25)35(32-27)21-13-9-8-12-20(21)30/h7-14,26H,15-18H2,1-6H3,(H,31,36)/t26-/m1/s1. The molecule has 2 heterocycles. The summed E-state index contributed by atoms with van der Waals surface area (Å²) in [4.78, 5) is 30.4. The van der Waals surface area contributed by atoms with Gasteiger partial charge in [0.15, 0.2) is 0 Å². The second-order valence-electron chi connectivity index (χ2n) is 10.8. The van der Waals surface area contributed by atoms with Crippen LogP contribution in [0.5, 0.6) is 5.75 Å². The van der Waals surface area contributed by atoms with Crippen LogP contribution in [0.25, 0.3) is 5.69 Å². The van der Waals surface area contributed by atoms with Gasteiger partial charge in [-0.25, -0.2) is 4.68 Å². The maximum atomic E-state index is 13.8. The molecule has 0 bridgehead atoms. The number of anilines is 1. The van der Waals surface area contributed by atoms with Crippen LogP contribution in [0.3, 0.4) is 0 Å². The molecule has 208 valence electrons. The molecule has 8 nitrogen and oxygen atoms in total. The summed E-state index contributed by atoms with van der Waals surface area (Å²) in [5.41, 5.74) is 2.92. The summed E-state index contributed by atoms with van der Waals surface area (Å²) < 4.78 is 7.48. The zero-order valence-corrected chi connectivity index (χ0v) is 24.9. The molecular formula is C29H36ClN5O3S. The third-order valence-corrected chi connectivity index (χ3v) is 8.04. The molecule has 4 rings (SSSR count). The molecule has 1 aliphatic heterocycles. The van der Waals surface area contributed by atoms with E-state index in [0.717, 1.165) is 22.6 Å². The van der Waals surface area contributed by atoms with E-state index in [-0.39, 0.29) is 34.8 Å². The van der Waals surface area contributed by atoms with Crippen molar-refractivity contribution in [1.82, 2.24) is 20.0 Å². The Hall–Kier alpha value is -3.01. The maximum absolute atomic E-state index is 13.8. The molecule has 1 aromatic heterocycles. The van der Waals surface area contributed by atoms with Crippen LogP contribution in [0.4, 0.5) is 5.82 Å². The molecule has 2 aromatic carbocycles. The van der Waals surface area contributed by atoms with Crippen molar-refractivity contribution in [2.24, 2.45) is 0 Å². The molecule has 0 saturated heterocycles. The van der Waals surface area contributed by atoms with Crippen LogP contribution in [-0.4, -0.2) is 73.1 Å². The van der Waals surface area contributed by atoms with E-state index in [2.05, 4.69) is 26.1 Å². The second-order valence-corrected chi connectivity index (χ2v) is 12.3. The van der Waals surface area contributed by atoms with Gasteiger partial charge in [-0.3, -0.25) is 14.5 Å². The Morgan fingerprint density at radius 3 is 2.54 bits per heavy atom. The maximum Gasteiger partial charge on any atom is 0.240 e. The number of likely N-dealkylation sites (N-methyl/N-ethyl adjacent to an activating group) is 1. The quantitative estimate of drug-likeness (QED) is 0.424. The number of thioether (sulfide) groups is 1. The molecule has 1 aliphatic rings. The summed E-state index contributed by atoms with van der Waals surface area (Å²) in [7, 11) is 5.54. The molecular weight excluding hydrogens is 534 g/mol. The van der Waals surface area contributed by atoms with E-state index in [9.17, 15) is 9.59 Å². The van der Waals surface area contributed by atoms with Crippen molar-refractivity contribution in [3.05, 3.63) is 70.4 Å². The number of hydrogen-bond donors (Lipinski definition) is 1. The van der Waals surface area contributed by atoms with E-state index in [0.29, 0.717) is 29.6 Å². The highest BCUT2D eigenvalue weighted by molar-refractivity contribution is 8.00. The Bertz CT molecular complexity index is 1350. The van der Waals surface area contributed by atoms with Crippen LogP contribution < -0.4 is 15.0 Å². The van der Waals surface area contributed by atoms with Gasteiger partial charge in [0.25, 0.3) is 0 Å². The average Bonchev–Trinajstić information content (AvgIpc) is 3.22. The fraction of sp³-hybridized carbons (Fsp3) is 0.414. The molecule has 0 aliphatic carbocycles. The van der Waals surface area contributed by atoms with Crippen molar-refractivity contribution in [2.45, 2.75) is 31.4 Å². The van der Waals surface area contributed by atoms with Gasteiger partial charge >= 0.3 is 0 Å². The smallest absolute Gasteiger partial charge is 0.240 e. The highest BCUT2D eigenvalue weighted by Gasteiger charge is 2.40. The van der Waals surface area contributed by atoms with Crippen LogP contribution >= 0.6 is 23.4 Å². The van der Waals surface area contributed by atoms with E-state index in [1.165, 1.54) is 11.8 Å². The lowest BCUT2D eigenvalue weighted by Crippen LogP contribution is -2.43. The highest BCUT2D eigenvalue weighted by atomic mass is 35.5. The van der Waals surface area contributed by atoms with Gasteiger partial charge in [-0.15, -0.1) is 11.8 Å². The number of aromatic nitrogens is 2. The van der Waals surface area contributed by atoms with E-state index in [4.69, 9.17) is 21.4 Å². The zero-order chi connectivity index (χ0) is 28.3. The van der Waals surface area contributed by atoms with E-state index >= 15 is 0 Å². The van der Waals surface area contributed by atoms with Gasteiger partial charge in [0, 0.05) is 29.6 Å². The lowest BCUT2D eigenvalue weighted by Gasteiger charge is -2.25. The number of hydrogen-bond acceptors (Lipinski definition) is 6. The highest BCUT2D eigenvalue weighted by Crippen LogP contribution is 2.50. The molecule has 0 unspecified atom stereocenters. The van der Waals surface area contributed by atoms with Crippen molar-refractivity contribution in [3.63, 3.8) is 0 Å². The Morgan fingerprint density at radius 1 is 1.18 bits per heavy atom. The molecule has 2 amide bonds. The molecule has 0 fully saturated rings. The first-order chi connectivity index (χ1) is 18.5. The minimum Gasteiger partial charge on any atom is -0.496 e. The summed E-state index contributed by atoms with van der Waals surface area (Å²) in [6.07, 6.45) is 0. The predicted molar refractivity (Wildman–Crippen MR) is 158 cm³/mol. The average molecular weight is 570 g/mol. The summed E-state index contributed by atoms with van der Waals surface area (Å²) >= 11 is 8.20. The number of nitrogens with one attached hydrogen (secondary N) is 1. The predicted octanol–water partition coefficient (Wildman–Crippen LogP) is 4.68. The van der Waals surface area contributed by atoms with Gasteiger partial charge in [-0.1, -0.05) is 62.7 Å². The molecule has 0 saturated carbocycles. The third kappa shape index (κ3) is 6.26. The van der Waals surface area contributed by atoms with Gasteiger partial charge in [-0.05, 0) is 32.3 Å². The minimum absolute atomic E-state index is 0.127. The number of halogens is 1. The molecule has 0 spiro atoms. The Kier molecular flexibility index (Phi) is 8.93. The number of benzene rings is 2. The van der Waals surface area contributed by atoms with Crippen molar-refractivity contribution in [3.8, 4) is 11.4 Å². The number of nitrogens with zero attached hydrogens (tertiary/aromatic N) is 4. The van der Waals surface area contributed by atoms with Crippen molar-refractivity contribution >= 4 is 41.0 Å². The van der Waals surface area contributed by atoms with Gasteiger partial charge in [0.05, 0.1) is 34.5 Å². The van der Waals surface area contributed by atoms with Crippen LogP contribution in [0.2, 0.25) is 5.02 Å². The van der Waals surface area contributed by atoms with Crippen molar-refractivity contribution < 1.29 is 14.3 Å². The summed E-state index contributed by atoms with van der Waals surface area (Å²) in [6.45, 7) is 7.35. The van der Waals surface area contributed by atoms with Crippen LogP contribution in [-0.2, 0) is 15.0 Å². The van der Waals surface area contributed by atoms with Crippen molar-refractivity contribution in [2.75, 3.05) is 51.5 Å². The lowest BCUT2D eigenvalue weighted by atomic mass is 9.87. The van der Waals surface area contributed by atoms with E-state index < -0.39 is 0 Å². The van der Waals surface area contributed by atoms with Crippen LogP contribution in [0, 0.1) is 0 Å². The fourth-order valence-corrected chi connectivity index (χ4v) is 6.05. The summed E-state index contributed by atoms with van der Waals surface area (Å²) in [5.74, 6) is 1.07. The van der Waals surface area contributed by atoms with Crippen LogP contribution in [0.15, 0.2) is 48.5 Å². The molecule has 0 radical (unpaired) electrons. The largest absolute Gasteiger partial charge is 0.496 e. The number of amides is 2. The summed E-state index contributed by atoms with van der Waals surface area (Å²) in [5, 5.41) is 8.28. The molecule has 10 heteroatoms. The fourth-order valence-electron chi connectivity index (χ4n) is 4.61. The first kappa shape index (κ1) is 29.0. The van der Waals surface area contributed by atoms with E-state index in [1.807, 2.05) is 61.5 Å². The number of carbonyl (C=O) groups is 2. The first-order valence-corrected chi connectivity index (χ1v) is 14.3. The van der Waals surface area contributed by atoms with Crippen LogP contribution in [0.1, 0.15) is 42.8 Å². The lowest BCUT2D eigenvalue weighted by molar-refractivity contribution is -0.122. The number of rotatable bonds is 8.